The van der Waals surface area contributed by atoms with Gasteiger partial charge in [0.25, 0.3) is 0 Å². The van der Waals surface area contributed by atoms with E-state index in [2.05, 4.69) is 22.0 Å². The minimum Gasteiger partial charge on any atom is -0.409 e. The lowest BCUT2D eigenvalue weighted by atomic mass is 10.1. The SMILES string of the molecule is CCCc1nccn1-c1nccc(C)c1/C(N)=N/O. The second-order valence-electron chi connectivity index (χ2n) is 4.28. The Bertz CT molecular complexity index is 603. The Hall–Kier alpha value is -2.37. The molecule has 6 nitrogen and oxygen atoms in total. The molecule has 2 aromatic heterocycles. The summed E-state index contributed by atoms with van der Waals surface area (Å²) in [6, 6.07) is 1.83. The topological polar surface area (TPSA) is 89.3 Å². The molecule has 100 valence electrons. The first kappa shape index (κ1) is 13.1. The molecule has 0 atom stereocenters. The molecule has 0 radical (unpaired) electrons. The van der Waals surface area contributed by atoms with E-state index in [4.69, 9.17) is 10.9 Å². The van der Waals surface area contributed by atoms with Crippen LogP contribution < -0.4 is 5.73 Å². The van der Waals surface area contributed by atoms with Gasteiger partial charge < -0.3 is 10.9 Å². The summed E-state index contributed by atoms with van der Waals surface area (Å²) in [5.41, 5.74) is 7.28. The van der Waals surface area contributed by atoms with Crippen molar-refractivity contribution in [2.24, 2.45) is 10.9 Å². The van der Waals surface area contributed by atoms with Gasteiger partial charge in [-0.25, -0.2) is 9.97 Å². The number of amidine groups is 1. The zero-order valence-corrected chi connectivity index (χ0v) is 11.0. The summed E-state index contributed by atoms with van der Waals surface area (Å²) in [6.45, 7) is 3.99. The van der Waals surface area contributed by atoms with Crippen molar-refractivity contribution in [3.05, 3.63) is 41.6 Å². The van der Waals surface area contributed by atoms with Crippen LogP contribution in [0.4, 0.5) is 0 Å². The standard InChI is InChI=1S/C13H17N5O/c1-3-4-10-15-7-8-18(10)13-11(12(14)17-19)9(2)5-6-16-13/h5-8,19H,3-4H2,1-2H3,(H2,14,17). The van der Waals surface area contributed by atoms with Gasteiger partial charge in [0.1, 0.15) is 11.6 Å². The Morgan fingerprint density at radius 3 is 2.89 bits per heavy atom. The van der Waals surface area contributed by atoms with Crippen LogP contribution in [0.2, 0.25) is 0 Å². The number of hydrogen-bond acceptors (Lipinski definition) is 4. The van der Waals surface area contributed by atoms with Gasteiger partial charge in [-0.05, 0) is 25.0 Å². The number of nitrogens with two attached hydrogens (primary N) is 1. The zero-order chi connectivity index (χ0) is 13.8. The molecule has 0 unspecified atom stereocenters. The van der Waals surface area contributed by atoms with Crippen LogP contribution in [0.1, 0.15) is 30.3 Å². The lowest BCUT2D eigenvalue weighted by molar-refractivity contribution is 0.318. The highest BCUT2D eigenvalue weighted by Crippen LogP contribution is 2.18. The van der Waals surface area contributed by atoms with Gasteiger partial charge in [-0.3, -0.25) is 4.57 Å². The van der Waals surface area contributed by atoms with Crippen LogP contribution >= 0.6 is 0 Å². The van der Waals surface area contributed by atoms with Crippen LogP contribution in [0.5, 0.6) is 0 Å². The molecule has 2 rings (SSSR count). The van der Waals surface area contributed by atoms with E-state index < -0.39 is 0 Å². The van der Waals surface area contributed by atoms with Crippen molar-refractivity contribution in [3.8, 4) is 5.82 Å². The van der Waals surface area contributed by atoms with Gasteiger partial charge in [-0.2, -0.15) is 0 Å². The highest BCUT2D eigenvalue weighted by molar-refractivity contribution is 6.01. The molecular weight excluding hydrogens is 242 g/mol. The van der Waals surface area contributed by atoms with E-state index in [9.17, 15) is 0 Å². The molecule has 0 aliphatic heterocycles. The first-order valence-corrected chi connectivity index (χ1v) is 6.15. The number of aryl methyl sites for hydroxylation is 2. The molecule has 6 heteroatoms. The van der Waals surface area contributed by atoms with Crippen molar-refractivity contribution in [1.29, 1.82) is 0 Å². The minimum atomic E-state index is 0.0525. The van der Waals surface area contributed by atoms with Gasteiger partial charge in [-0.15, -0.1) is 0 Å². The molecule has 0 bridgehead atoms. The van der Waals surface area contributed by atoms with Crippen LogP contribution in [0.25, 0.3) is 5.82 Å². The van der Waals surface area contributed by atoms with Crippen molar-refractivity contribution in [2.75, 3.05) is 0 Å². The average molecular weight is 259 g/mol. The van der Waals surface area contributed by atoms with E-state index in [1.54, 1.807) is 12.4 Å². The molecule has 0 aliphatic carbocycles. The molecule has 0 saturated carbocycles. The third-order valence-electron chi connectivity index (χ3n) is 2.92. The third kappa shape index (κ3) is 2.42. The van der Waals surface area contributed by atoms with Crippen LogP contribution in [-0.4, -0.2) is 25.6 Å². The van der Waals surface area contributed by atoms with Crippen LogP contribution in [0.3, 0.4) is 0 Å². The molecular formula is C13H17N5O. The number of hydrogen-bond donors (Lipinski definition) is 2. The number of rotatable bonds is 4. The van der Waals surface area contributed by atoms with Crippen LogP contribution in [0.15, 0.2) is 29.8 Å². The van der Waals surface area contributed by atoms with Crippen LogP contribution in [-0.2, 0) is 6.42 Å². The lowest BCUT2D eigenvalue weighted by Gasteiger charge is -2.12. The summed E-state index contributed by atoms with van der Waals surface area (Å²) in [5, 5.41) is 12.0. The van der Waals surface area contributed by atoms with E-state index in [1.807, 2.05) is 23.8 Å². The summed E-state index contributed by atoms with van der Waals surface area (Å²) in [7, 11) is 0. The monoisotopic (exact) mass is 259 g/mol. The Morgan fingerprint density at radius 1 is 1.42 bits per heavy atom. The van der Waals surface area contributed by atoms with Crippen LogP contribution in [0, 0.1) is 6.92 Å². The van der Waals surface area contributed by atoms with Gasteiger partial charge in [0.15, 0.2) is 5.84 Å². The first-order chi connectivity index (χ1) is 9.19. The van der Waals surface area contributed by atoms with Gasteiger partial charge in [-0.1, -0.05) is 12.1 Å². The highest BCUT2D eigenvalue weighted by atomic mass is 16.4. The highest BCUT2D eigenvalue weighted by Gasteiger charge is 2.15. The predicted molar refractivity (Wildman–Crippen MR) is 72.6 cm³/mol. The summed E-state index contributed by atoms with van der Waals surface area (Å²) in [6.07, 6.45) is 7.10. The normalized spacial score (nSPS) is 11.8. The molecule has 0 amide bonds. The molecule has 0 fully saturated rings. The molecule has 2 aromatic rings. The quantitative estimate of drug-likeness (QED) is 0.378. The first-order valence-electron chi connectivity index (χ1n) is 6.15. The van der Waals surface area contributed by atoms with Gasteiger partial charge in [0.05, 0.1) is 5.56 Å². The lowest BCUT2D eigenvalue weighted by Crippen LogP contribution is -2.19. The van der Waals surface area contributed by atoms with E-state index in [1.165, 1.54) is 0 Å². The fourth-order valence-corrected chi connectivity index (χ4v) is 2.03. The van der Waals surface area contributed by atoms with Crippen molar-refractivity contribution < 1.29 is 5.21 Å². The fourth-order valence-electron chi connectivity index (χ4n) is 2.03. The van der Waals surface area contributed by atoms with Crippen molar-refractivity contribution in [1.82, 2.24) is 14.5 Å². The Morgan fingerprint density at radius 2 is 2.21 bits per heavy atom. The second kappa shape index (κ2) is 5.51. The fraction of sp³-hybridized carbons (Fsp3) is 0.308. The van der Waals surface area contributed by atoms with Gasteiger partial charge >= 0.3 is 0 Å². The van der Waals surface area contributed by atoms with Crippen molar-refractivity contribution in [3.63, 3.8) is 0 Å². The minimum absolute atomic E-state index is 0.0525. The maximum Gasteiger partial charge on any atom is 0.174 e. The maximum absolute atomic E-state index is 8.92. The summed E-state index contributed by atoms with van der Waals surface area (Å²) in [5.74, 6) is 1.60. The number of aromatic nitrogens is 3. The largest absolute Gasteiger partial charge is 0.409 e. The summed E-state index contributed by atoms with van der Waals surface area (Å²) in [4.78, 5) is 8.66. The Kier molecular flexibility index (Phi) is 3.79. The molecule has 0 aromatic carbocycles. The van der Waals surface area contributed by atoms with E-state index in [0.29, 0.717) is 11.4 Å². The predicted octanol–water partition coefficient (Wildman–Crippen LogP) is 1.62. The molecule has 0 aliphatic rings. The maximum atomic E-state index is 8.92. The number of oxime groups is 1. The molecule has 19 heavy (non-hydrogen) atoms. The average Bonchev–Trinajstić information content (AvgIpc) is 2.86. The second-order valence-corrected chi connectivity index (χ2v) is 4.28. The van der Waals surface area contributed by atoms with Crippen molar-refractivity contribution >= 4 is 5.84 Å². The van der Waals surface area contributed by atoms with Crippen molar-refractivity contribution in [2.45, 2.75) is 26.7 Å². The molecule has 0 saturated heterocycles. The third-order valence-corrected chi connectivity index (χ3v) is 2.92. The smallest absolute Gasteiger partial charge is 0.174 e. The molecule has 3 N–H and O–H groups in total. The summed E-state index contributed by atoms with van der Waals surface area (Å²) >= 11 is 0. The number of imidazole rings is 1. The number of pyridine rings is 1. The Labute approximate surface area is 111 Å². The molecule has 0 spiro atoms. The zero-order valence-electron chi connectivity index (χ0n) is 11.0. The summed E-state index contributed by atoms with van der Waals surface area (Å²) < 4.78 is 1.88. The molecule has 2 heterocycles. The van der Waals surface area contributed by atoms with E-state index in [0.717, 1.165) is 24.2 Å². The van der Waals surface area contributed by atoms with Gasteiger partial charge in [0.2, 0.25) is 0 Å². The number of nitrogens with zero attached hydrogens (tertiary/aromatic N) is 4. The van der Waals surface area contributed by atoms with E-state index >= 15 is 0 Å². The van der Waals surface area contributed by atoms with Gasteiger partial charge in [0, 0.05) is 25.0 Å². The van der Waals surface area contributed by atoms with E-state index in [-0.39, 0.29) is 5.84 Å². The Balaban J connectivity index is 2.62.